The van der Waals surface area contributed by atoms with Gasteiger partial charge in [-0.1, -0.05) is 48.0 Å². The maximum Gasteiger partial charge on any atom is 0.433 e. The lowest BCUT2D eigenvalue weighted by Crippen LogP contribution is -2.14. The van der Waals surface area contributed by atoms with Crippen molar-refractivity contribution in [2.75, 3.05) is 0 Å². The number of primary sulfonamides is 1. The number of alkyl halides is 3. The Morgan fingerprint density at radius 2 is 1.68 bits per heavy atom. The molecule has 3 aromatic rings. The normalized spacial score (nSPS) is 12.4. The zero-order chi connectivity index (χ0) is 20.7. The van der Waals surface area contributed by atoms with Crippen LogP contribution in [0.1, 0.15) is 18.2 Å². The van der Waals surface area contributed by atoms with Crippen molar-refractivity contribution in [3.05, 3.63) is 59.8 Å². The van der Waals surface area contributed by atoms with Gasteiger partial charge in [0.1, 0.15) is 5.69 Å². The summed E-state index contributed by atoms with van der Waals surface area (Å²) in [6.45, 7) is 3.32. The van der Waals surface area contributed by atoms with Crippen LogP contribution in [-0.4, -0.2) is 18.2 Å². The van der Waals surface area contributed by atoms with E-state index >= 15 is 0 Å². The summed E-state index contributed by atoms with van der Waals surface area (Å²) in [4.78, 5) is -0.280. The lowest BCUT2D eigenvalue weighted by Gasteiger charge is -2.13. The number of aromatic nitrogens is 2. The van der Waals surface area contributed by atoms with Gasteiger partial charge < -0.3 is 0 Å². The summed E-state index contributed by atoms with van der Waals surface area (Å²) in [6.07, 6.45) is -4.68. The number of rotatable bonds is 4. The highest BCUT2D eigenvalue weighted by Crippen LogP contribution is 2.43. The molecule has 28 heavy (non-hydrogen) atoms. The molecule has 0 fully saturated rings. The van der Waals surface area contributed by atoms with Crippen LogP contribution in [-0.2, 0) is 22.7 Å². The van der Waals surface area contributed by atoms with Crippen LogP contribution in [0.2, 0.25) is 0 Å². The molecule has 5 nitrogen and oxygen atoms in total. The molecule has 0 unspecified atom stereocenters. The van der Waals surface area contributed by atoms with E-state index in [-0.39, 0.29) is 33.8 Å². The molecule has 0 radical (unpaired) electrons. The van der Waals surface area contributed by atoms with Crippen LogP contribution < -0.4 is 5.14 Å². The van der Waals surface area contributed by atoms with Crippen molar-refractivity contribution in [1.29, 1.82) is 0 Å². The van der Waals surface area contributed by atoms with Gasteiger partial charge >= 0.3 is 6.18 Å². The summed E-state index contributed by atoms with van der Waals surface area (Å²) in [7, 11) is -4.16. The number of benzene rings is 2. The van der Waals surface area contributed by atoms with Crippen LogP contribution in [0.15, 0.2) is 53.4 Å². The van der Waals surface area contributed by atoms with Crippen molar-refractivity contribution in [1.82, 2.24) is 9.78 Å². The lowest BCUT2D eigenvalue weighted by atomic mass is 9.97. The van der Waals surface area contributed by atoms with E-state index < -0.39 is 21.9 Å². The van der Waals surface area contributed by atoms with Crippen molar-refractivity contribution in [3.8, 4) is 22.4 Å². The number of aryl methyl sites for hydroxylation is 2. The molecule has 0 saturated carbocycles. The minimum Gasteiger partial charge on any atom is -0.260 e. The van der Waals surface area contributed by atoms with E-state index in [0.29, 0.717) is 0 Å². The molecule has 9 heteroatoms. The third-order valence-electron chi connectivity index (χ3n) is 4.31. The summed E-state index contributed by atoms with van der Waals surface area (Å²) in [5.41, 5.74) is 0.00739. The molecule has 148 valence electrons. The number of halogens is 3. The molecule has 1 aromatic heterocycles. The quantitative estimate of drug-likeness (QED) is 0.701. The second-order valence-corrected chi connectivity index (χ2v) is 7.82. The maximum absolute atomic E-state index is 13.9. The van der Waals surface area contributed by atoms with Gasteiger partial charge in [-0.15, -0.1) is 0 Å². The Morgan fingerprint density at radius 3 is 2.21 bits per heavy atom. The molecule has 0 bridgehead atoms. The number of hydrogen-bond acceptors (Lipinski definition) is 3. The second-order valence-electron chi connectivity index (χ2n) is 6.29. The van der Waals surface area contributed by atoms with Crippen LogP contribution in [0.5, 0.6) is 0 Å². The zero-order valence-corrected chi connectivity index (χ0v) is 16.0. The largest absolute Gasteiger partial charge is 0.433 e. The Labute approximate surface area is 160 Å². The fourth-order valence-corrected chi connectivity index (χ4v) is 3.81. The first-order valence-electron chi connectivity index (χ1n) is 8.41. The van der Waals surface area contributed by atoms with Gasteiger partial charge in [0.05, 0.1) is 4.90 Å². The summed E-state index contributed by atoms with van der Waals surface area (Å²) in [5, 5.41) is 9.40. The van der Waals surface area contributed by atoms with Crippen LogP contribution in [0.3, 0.4) is 0 Å². The predicted octanol–water partition coefficient (Wildman–Crippen LogP) is 4.21. The van der Waals surface area contributed by atoms with Gasteiger partial charge in [-0.05, 0) is 25.5 Å². The highest BCUT2D eigenvalue weighted by molar-refractivity contribution is 7.89. The topological polar surface area (TPSA) is 78.0 Å². The molecule has 0 spiro atoms. The summed E-state index contributed by atoms with van der Waals surface area (Å²) < 4.78 is 66.6. The molecule has 0 saturated heterocycles. The van der Waals surface area contributed by atoms with Crippen molar-refractivity contribution in [2.45, 2.75) is 31.5 Å². The van der Waals surface area contributed by atoms with Crippen molar-refractivity contribution in [2.24, 2.45) is 5.14 Å². The Kier molecular flexibility index (Phi) is 5.07. The zero-order valence-electron chi connectivity index (χ0n) is 15.2. The number of hydrogen-bond donors (Lipinski definition) is 1. The van der Waals surface area contributed by atoms with Gasteiger partial charge in [-0.25, -0.2) is 13.6 Å². The first-order valence-corrected chi connectivity index (χ1v) is 9.96. The highest BCUT2D eigenvalue weighted by atomic mass is 32.2. The lowest BCUT2D eigenvalue weighted by molar-refractivity contribution is -0.143. The van der Waals surface area contributed by atoms with Crippen molar-refractivity contribution >= 4 is 10.0 Å². The Balaban J connectivity index is 2.44. The van der Waals surface area contributed by atoms with Crippen molar-refractivity contribution < 1.29 is 21.6 Å². The third kappa shape index (κ3) is 3.67. The SMILES string of the molecule is CCn1nc(-c2ccccc2S(N)(=O)=O)c(-c2ccc(C)cc2)c1C(F)(F)F. The van der Waals surface area contributed by atoms with Gasteiger partial charge in [-0.2, -0.15) is 18.3 Å². The molecule has 2 N–H and O–H groups in total. The molecular formula is C19H18F3N3O2S. The monoisotopic (exact) mass is 409 g/mol. The molecule has 2 aromatic carbocycles. The average molecular weight is 409 g/mol. The fourth-order valence-electron chi connectivity index (χ4n) is 3.07. The van der Waals surface area contributed by atoms with Crippen LogP contribution in [0.4, 0.5) is 13.2 Å². The van der Waals surface area contributed by atoms with Crippen molar-refractivity contribution in [3.63, 3.8) is 0 Å². The van der Waals surface area contributed by atoms with E-state index in [0.717, 1.165) is 10.2 Å². The van der Waals surface area contributed by atoms with Gasteiger partial charge in [0.25, 0.3) is 0 Å². The predicted molar refractivity (Wildman–Crippen MR) is 99.9 cm³/mol. The van der Waals surface area contributed by atoms with Gasteiger partial charge in [-0.3, -0.25) is 4.68 Å². The second kappa shape index (κ2) is 7.06. The fraction of sp³-hybridized carbons (Fsp3) is 0.211. The number of nitrogens with zero attached hydrogens (tertiary/aromatic N) is 2. The van der Waals surface area contributed by atoms with E-state index in [1.165, 1.54) is 31.2 Å². The smallest absolute Gasteiger partial charge is 0.260 e. The number of nitrogens with two attached hydrogens (primary N) is 1. The maximum atomic E-state index is 13.9. The van der Waals surface area contributed by atoms with Crippen LogP contribution in [0.25, 0.3) is 22.4 Å². The number of sulfonamides is 1. The molecule has 1 heterocycles. The van der Waals surface area contributed by atoms with E-state index in [4.69, 9.17) is 5.14 Å². The first kappa shape index (κ1) is 20.1. The molecular weight excluding hydrogens is 391 g/mol. The molecule has 0 amide bonds. The molecule has 0 aliphatic heterocycles. The summed E-state index contributed by atoms with van der Waals surface area (Å²) in [5.74, 6) is 0. The molecule has 0 aliphatic carbocycles. The highest BCUT2D eigenvalue weighted by Gasteiger charge is 2.40. The van der Waals surface area contributed by atoms with Gasteiger partial charge in [0, 0.05) is 17.7 Å². The van der Waals surface area contributed by atoms with Crippen LogP contribution in [0, 0.1) is 6.92 Å². The Bertz CT molecular complexity index is 1120. The van der Waals surface area contributed by atoms with E-state index in [9.17, 15) is 21.6 Å². The standard InChI is InChI=1S/C19H18F3N3O2S/c1-3-25-18(19(20,21)22)16(13-10-8-12(2)9-11-13)17(24-25)14-6-4-5-7-15(14)28(23,26)27/h4-11H,3H2,1-2H3,(H2,23,26,27). The van der Waals surface area contributed by atoms with E-state index in [2.05, 4.69) is 5.10 Å². The Morgan fingerprint density at radius 1 is 1.07 bits per heavy atom. The van der Waals surface area contributed by atoms with Crippen LogP contribution >= 0.6 is 0 Å². The minimum absolute atomic E-state index is 0.0262. The van der Waals surface area contributed by atoms with E-state index in [1.54, 1.807) is 24.3 Å². The molecule has 0 aliphatic rings. The average Bonchev–Trinajstić information content (AvgIpc) is 3.01. The third-order valence-corrected chi connectivity index (χ3v) is 5.28. The Hall–Kier alpha value is -2.65. The van der Waals surface area contributed by atoms with Gasteiger partial charge in [0.2, 0.25) is 10.0 Å². The van der Waals surface area contributed by atoms with E-state index in [1.807, 2.05) is 6.92 Å². The summed E-state index contributed by atoms with van der Waals surface area (Å²) >= 11 is 0. The summed E-state index contributed by atoms with van der Waals surface area (Å²) in [6, 6.07) is 12.1. The van der Waals surface area contributed by atoms with Gasteiger partial charge in [0.15, 0.2) is 5.69 Å². The first-order chi connectivity index (χ1) is 13.0. The molecule has 0 atom stereocenters. The molecule has 3 rings (SSSR count). The minimum atomic E-state index is -4.68.